The predicted molar refractivity (Wildman–Crippen MR) is 115 cm³/mol. The number of amides is 1. The first-order valence-corrected chi connectivity index (χ1v) is 10.1. The molecule has 0 spiro atoms. The van der Waals surface area contributed by atoms with Crippen LogP contribution in [0.5, 0.6) is 0 Å². The summed E-state index contributed by atoms with van der Waals surface area (Å²) in [4.78, 5) is 20.1. The number of fused-ring (bicyclic) bond motifs is 2. The Balaban J connectivity index is 1.77. The molecule has 1 aliphatic heterocycles. The first kappa shape index (κ1) is 20.8. The number of carbonyl (C=O) groups is 1. The monoisotopic (exact) mass is 439 g/mol. The van der Waals surface area contributed by atoms with Gasteiger partial charge in [-0.25, -0.2) is 4.98 Å². The number of alkyl halides is 3. The Morgan fingerprint density at radius 3 is 2.68 bits per heavy atom. The van der Waals surface area contributed by atoms with Gasteiger partial charge in [-0.2, -0.15) is 13.2 Å². The number of nitrogens with one attached hydrogen (secondary N) is 1. The molecule has 1 aromatic heterocycles. The Kier molecular flexibility index (Phi) is 5.61. The Morgan fingerprint density at radius 2 is 1.90 bits per heavy atom. The van der Waals surface area contributed by atoms with E-state index in [2.05, 4.69) is 22.1 Å². The molecule has 156 valence electrons. The van der Waals surface area contributed by atoms with Gasteiger partial charge in [-0.1, -0.05) is 29.8 Å². The molecule has 0 unspecified atom stereocenters. The van der Waals surface area contributed by atoms with E-state index in [1.165, 1.54) is 24.0 Å². The average molecular weight is 439 g/mol. The minimum atomic E-state index is -4.53. The van der Waals surface area contributed by atoms with Crippen molar-refractivity contribution >= 4 is 34.9 Å². The Morgan fingerprint density at radius 1 is 1.10 bits per heavy atom. The van der Waals surface area contributed by atoms with Crippen molar-refractivity contribution in [2.45, 2.75) is 22.9 Å². The van der Waals surface area contributed by atoms with Gasteiger partial charge in [0.15, 0.2) is 0 Å². The lowest BCUT2D eigenvalue weighted by atomic mass is 10.1. The number of pyridine rings is 1. The summed E-state index contributed by atoms with van der Waals surface area (Å²) in [5.41, 5.74) is 0.790. The van der Waals surface area contributed by atoms with Gasteiger partial charge in [0.2, 0.25) is 0 Å². The smallest absolute Gasteiger partial charge is 0.340 e. The Labute approximate surface area is 181 Å². The zero-order valence-electron chi connectivity index (χ0n) is 16.3. The second kappa shape index (κ2) is 8.36. The minimum Gasteiger partial charge on any atom is -0.340 e. The highest BCUT2D eigenvalue weighted by molar-refractivity contribution is 7.99. The Bertz CT molecular complexity index is 1210. The molecule has 31 heavy (non-hydrogen) atoms. The highest BCUT2D eigenvalue weighted by Crippen LogP contribution is 2.43. The van der Waals surface area contributed by atoms with Gasteiger partial charge in [0.25, 0.3) is 5.91 Å². The van der Waals surface area contributed by atoms with Gasteiger partial charge in [0.05, 0.1) is 23.4 Å². The standard InChI is InChI=1S/C23H16F3N3OS/c1-2-3-13-29-18-11-10-15(28-21-17(23(24,25)26)8-6-12-27-21)14-20(18)31-19-9-5-4-7-16(19)22(29)30/h4-12,14H,13H2,1H3,(H,27,28). The molecule has 0 radical (unpaired) electrons. The molecule has 0 atom stereocenters. The lowest BCUT2D eigenvalue weighted by Gasteiger charge is -2.21. The van der Waals surface area contributed by atoms with E-state index in [-0.39, 0.29) is 18.3 Å². The number of rotatable bonds is 3. The van der Waals surface area contributed by atoms with Crippen molar-refractivity contribution in [2.75, 3.05) is 16.8 Å². The molecular formula is C23H16F3N3OS. The number of hydrogen-bond donors (Lipinski definition) is 1. The molecule has 0 saturated heterocycles. The van der Waals surface area contributed by atoms with Crippen LogP contribution in [-0.4, -0.2) is 17.4 Å². The van der Waals surface area contributed by atoms with Crippen molar-refractivity contribution in [3.63, 3.8) is 0 Å². The second-order valence-electron chi connectivity index (χ2n) is 6.62. The van der Waals surface area contributed by atoms with Crippen LogP contribution < -0.4 is 10.2 Å². The normalized spacial score (nSPS) is 12.9. The van der Waals surface area contributed by atoms with Gasteiger partial charge < -0.3 is 5.32 Å². The van der Waals surface area contributed by atoms with Crippen molar-refractivity contribution in [3.05, 3.63) is 71.9 Å². The van der Waals surface area contributed by atoms with Crippen LogP contribution in [-0.2, 0) is 6.18 Å². The minimum absolute atomic E-state index is 0.172. The molecule has 1 amide bonds. The quantitative estimate of drug-likeness (QED) is 0.510. The van der Waals surface area contributed by atoms with E-state index in [0.717, 1.165) is 15.9 Å². The van der Waals surface area contributed by atoms with Crippen molar-refractivity contribution in [1.82, 2.24) is 4.98 Å². The summed E-state index contributed by atoms with van der Waals surface area (Å²) in [6, 6.07) is 14.5. The van der Waals surface area contributed by atoms with Crippen LogP contribution in [0.1, 0.15) is 22.8 Å². The SMILES string of the molecule is CC#CCN1C(=O)c2ccccc2Sc2cc(Nc3ncccc3C(F)(F)F)ccc21. The van der Waals surface area contributed by atoms with Crippen LogP contribution in [0.2, 0.25) is 0 Å². The maximum Gasteiger partial charge on any atom is 0.419 e. The summed E-state index contributed by atoms with van der Waals surface area (Å²) in [6.45, 7) is 1.91. The van der Waals surface area contributed by atoms with Gasteiger partial charge in [0.1, 0.15) is 5.82 Å². The van der Waals surface area contributed by atoms with Gasteiger partial charge in [-0.3, -0.25) is 9.69 Å². The molecule has 2 heterocycles. The molecule has 1 aliphatic rings. The van der Waals surface area contributed by atoms with Crippen molar-refractivity contribution < 1.29 is 18.0 Å². The zero-order valence-corrected chi connectivity index (χ0v) is 17.1. The Hall–Kier alpha value is -3.44. The fourth-order valence-electron chi connectivity index (χ4n) is 3.19. The number of anilines is 3. The van der Waals surface area contributed by atoms with Crippen LogP contribution >= 0.6 is 11.8 Å². The van der Waals surface area contributed by atoms with Crippen molar-refractivity contribution in [3.8, 4) is 11.8 Å². The first-order chi connectivity index (χ1) is 14.9. The van der Waals surface area contributed by atoms with E-state index < -0.39 is 11.7 Å². The van der Waals surface area contributed by atoms with Gasteiger partial charge in [0, 0.05) is 21.7 Å². The third-order valence-corrected chi connectivity index (χ3v) is 5.75. The van der Waals surface area contributed by atoms with E-state index in [4.69, 9.17) is 0 Å². The highest BCUT2D eigenvalue weighted by Gasteiger charge is 2.34. The maximum absolute atomic E-state index is 13.3. The molecule has 3 aromatic rings. The fourth-order valence-corrected chi connectivity index (χ4v) is 4.31. The fraction of sp³-hybridized carbons (Fsp3) is 0.130. The number of aromatic nitrogens is 1. The summed E-state index contributed by atoms with van der Waals surface area (Å²) in [5, 5.41) is 2.77. The largest absolute Gasteiger partial charge is 0.419 e. The van der Waals surface area contributed by atoms with E-state index >= 15 is 0 Å². The van der Waals surface area contributed by atoms with E-state index in [0.29, 0.717) is 16.9 Å². The summed E-state index contributed by atoms with van der Waals surface area (Å²) in [7, 11) is 0. The van der Waals surface area contributed by atoms with E-state index in [9.17, 15) is 18.0 Å². The summed E-state index contributed by atoms with van der Waals surface area (Å²) in [6.07, 6.45) is -3.23. The molecule has 0 aliphatic carbocycles. The van der Waals surface area contributed by atoms with E-state index in [1.54, 1.807) is 42.2 Å². The topological polar surface area (TPSA) is 45.2 Å². The molecule has 4 rings (SSSR count). The number of nitrogens with zero attached hydrogens (tertiary/aromatic N) is 2. The van der Waals surface area contributed by atoms with Gasteiger partial charge >= 0.3 is 6.18 Å². The van der Waals surface area contributed by atoms with Crippen LogP contribution in [0.4, 0.5) is 30.4 Å². The molecule has 0 fully saturated rings. The molecule has 4 nitrogen and oxygen atoms in total. The predicted octanol–water partition coefficient (Wildman–Crippen LogP) is 5.98. The number of benzene rings is 2. The molecule has 1 N–H and O–H groups in total. The van der Waals surface area contributed by atoms with Gasteiger partial charge in [-0.05, 0) is 49.4 Å². The first-order valence-electron chi connectivity index (χ1n) is 9.30. The molecule has 0 bridgehead atoms. The highest BCUT2D eigenvalue weighted by atomic mass is 32.2. The summed E-state index contributed by atoms with van der Waals surface area (Å²) >= 11 is 1.39. The van der Waals surface area contributed by atoms with E-state index in [1.807, 2.05) is 12.1 Å². The molecule has 8 heteroatoms. The van der Waals surface area contributed by atoms with Crippen molar-refractivity contribution in [1.29, 1.82) is 0 Å². The number of hydrogen-bond acceptors (Lipinski definition) is 4. The maximum atomic E-state index is 13.3. The van der Waals surface area contributed by atoms with Crippen LogP contribution in [0.3, 0.4) is 0 Å². The zero-order chi connectivity index (χ0) is 22.0. The molecule has 2 aromatic carbocycles. The van der Waals surface area contributed by atoms with Crippen LogP contribution in [0.15, 0.2) is 70.6 Å². The lowest BCUT2D eigenvalue weighted by molar-refractivity contribution is -0.137. The third-order valence-electron chi connectivity index (χ3n) is 4.62. The molecular weight excluding hydrogens is 423 g/mol. The third kappa shape index (κ3) is 4.23. The summed E-state index contributed by atoms with van der Waals surface area (Å²) in [5.74, 6) is 5.27. The second-order valence-corrected chi connectivity index (χ2v) is 7.70. The number of halogens is 3. The average Bonchev–Trinajstić information content (AvgIpc) is 2.86. The van der Waals surface area contributed by atoms with Crippen LogP contribution in [0.25, 0.3) is 0 Å². The summed E-state index contributed by atoms with van der Waals surface area (Å²) < 4.78 is 39.9. The lowest BCUT2D eigenvalue weighted by Crippen LogP contribution is -2.31. The van der Waals surface area contributed by atoms with Crippen LogP contribution in [0, 0.1) is 11.8 Å². The van der Waals surface area contributed by atoms with Gasteiger partial charge in [-0.15, -0.1) is 5.92 Å². The molecule has 0 saturated carbocycles. The van der Waals surface area contributed by atoms with Crippen molar-refractivity contribution in [2.24, 2.45) is 0 Å². The number of carbonyl (C=O) groups excluding carboxylic acids is 1.